The van der Waals surface area contributed by atoms with Gasteiger partial charge in [-0.2, -0.15) is 0 Å². The molecule has 0 saturated heterocycles. The first-order chi connectivity index (χ1) is 29.7. The van der Waals surface area contributed by atoms with Crippen molar-refractivity contribution in [2.75, 3.05) is 0 Å². The standard InChI is InChI=1S/C58H34O2/c1-2-12-43-36(10-1)11-9-18-44(43)37-22-26-39(27-23-37)56-48-16-5-3-14-46(48)55(47-15-4-6-17-49(47)56)38-24-20-35(21-25-38)40-28-29-41-34-54-52(33-42(41)32-40)51-31-30-50-45-13-7-8-19-53(45)59-57(50)58(51)60-54/h1-34H. The van der Waals surface area contributed by atoms with Crippen molar-refractivity contribution < 1.29 is 8.83 Å². The number of fused-ring (bicyclic) bond motifs is 11. The molecule has 0 aliphatic rings. The van der Waals surface area contributed by atoms with Gasteiger partial charge in [-0.1, -0.05) is 170 Å². The SMILES string of the molecule is c1ccc2c(-c3ccc(-c4c5ccccc5c(-c5ccc(-c6ccc7cc8oc9c(ccc%10c%11ccccc%11oc%109)c8cc7c6)cc5)c5ccccc45)cc3)cccc2c1. The van der Waals surface area contributed by atoms with E-state index < -0.39 is 0 Å². The highest BCUT2D eigenvalue weighted by atomic mass is 16.4. The van der Waals surface area contributed by atoms with Gasteiger partial charge in [0.05, 0.1) is 0 Å². The minimum absolute atomic E-state index is 0.799. The first-order valence-electron chi connectivity index (χ1n) is 20.6. The molecule has 2 heterocycles. The molecule has 11 aromatic carbocycles. The lowest BCUT2D eigenvalue weighted by molar-refractivity contribution is 0.633. The summed E-state index contributed by atoms with van der Waals surface area (Å²) in [5.41, 5.74) is 13.1. The van der Waals surface area contributed by atoms with Gasteiger partial charge >= 0.3 is 0 Å². The van der Waals surface area contributed by atoms with Crippen LogP contribution in [0, 0.1) is 0 Å². The maximum absolute atomic E-state index is 6.51. The summed E-state index contributed by atoms with van der Waals surface area (Å²) in [5, 5.41) is 14.2. The normalized spacial score (nSPS) is 12.0. The van der Waals surface area contributed by atoms with Gasteiger partial charge in [-0.25, -0.2) is 0 Å². The Hall–Kier alpha value is -7.94. The first-order valence-corrected chi connectivity index (χ1v) is 20.6. The van der Waals surface area contributed by atoms with Crippen LogP contribution >= 0.6 is 0 Å². The summed E-state index contributed by atoms with van der Waals surface area (Å²) in [4.78, 5) is 0. The number of hydrogen-bond acceptors (Lipinski definition) is 2. The predicted octanol–water partition coefficient (Wildman–Crippen LogP) is 16.8. The highest BCUT2D eigenvalue weighted by molar-refractivity contribution is 6.22. The molecule has 278 valence electrons. The zero-order valence-electron chi connectivity index (χ0n) is 32.4. The third kappa shape index (κ3) is 4.95. The Morgan fingerprint density at radius 2 is 0.733 bits per heavy atom. The van der Waals surface area contributed by atoms with E-state index in [0.29, 0.717) is 0 Å². The Morgan fingerprint density at radius 1 is 0.233 bits per heavy atom. The topological polar surface area (TPSA) is 26.3 Å². The average molecular weight is 763 g/mol. The lowest BCUT2D eigenvalue weighted by atomic mass is 9.85. The Labute approximate surface area is 345 Å². The van der Waals surface area contributed by atoms with E-state index in [1.54, 1.807) is 0 Å². The van der Waals surface area contributed by atoms with Gasteiger partial charge in [0.1, 0.15) is 11.2 Å². The van der Waals surface area contributed by atoms with Crippen molar-refractivity contribution in [3.8, 4) is 44.5 Å². The Kier molecular flexibility index (Phi) is 7.05. The summed E-state index contributed by atoms with van der Waals surface area (Å²) in [6.45, 7) is 0. The third-order valence-corrected chi connectivity index (χ3v) is 12.7. The second-order valence-electron chi connectivity index (χ2n) is 16.0. The van der Waals surface area contributed by atoms with Gasteiger partial charge in [-0.05, 0) is 124 Å². The van der Waals surface area contributed by atoms with E-state index in [4.69, 9.17) is 8.83 Å². The monoisotopic (exact) mass is 762 g/mol. The molecule has 60 heavy (non-hydrogen) atoms. The van der Waals surface area contributed by atoms with Crippen LogP contribution in [-0.2, 0) is 0 Å². The summed E-state index contributed by atoms with van der Waals surface area (Å²) in [6, 6.07) is 74.9. The Bertz CT molecular complexity index is 3800. The maximum Gasteiger partial charge on any atom is 0.178 e. The fourth-order valence-electron chi connectivity index (χ4n) is 9.81. The van der Waals surface area contributed by atoms with E-state index in [1.807, 2.05) is 18.2 Å². The molecule has 0 N–H and O–H groups in total. The van der Waals surface area contributed by atoms with Crippen LogP contribution in [0.4, 0.5) is 0 Å². The van der Waals surface area contributed by atoms with E-state index in [2.05, 4.69) is 188 Å². The van der Waals surface area contributed by atoms with Crippen LogP contribution in [0.25, 0.3) is 131 Å². The molecule has 0 atom stereocenters. The van der Waals surface area contributed by atoms with Crippen LogP contribution in [0.15, 0.2) is 215 Å². The van der Waals surface area contributed by atoms with Gasteiger partial charge in [0.2, 0.25) is 0 Å². The average Bonchev–Trinajstić information content (AvgIpc) is 3.88. The van der Waals surface area contributed by atoms with Crippen LogP contribution in [0.2, 0.25) is 0 Å². The summed E-state index contributed by atoms with van der Waals surface area (Å²) in [6.07, 6.45) is 0. The van der Waals surface area contributed by atoms with E-state index in [9.17, 15) is 0 Å². The first kappa shape index (κ1) is 33.1. The molecule has 0 radical (unpaired) electrons. The van der Waals surface area contributed by atoms with Crippen molar-refractivity contribution >= 4 is 87.0 Å². The molecule has 0 amide bonds. The van der Waals surface area contributed by atoms with Gasteiger partial charge < -0.3 is 8.83 Å². The fraction of sp³-hybridized carbons (Fsp3) is 0. The second-order valence-corrected chi connectivity index (χ2v) is 16.0. The molecule has 0 unspecified atom stereocenters. The van der Waals surface area contributed by atoms with Gasteiger partial charge in [-0.15, -0.1) is 0 Å². The van der Waals surface area contributed by atoms with E-state index in [-0.39, 0.29) is 0 Å². The van der Waals surface area contributed by atoms with E-state index >= 15 is 0 Å². The number of rotatable bonds is 4. The zero-order chi connectivity index (χ0) is 39.3. The van der Waals surface area contributed by atoms with Gasteiger partial charge in [-0.3, -0.25) is 0 Å². The fourth-order valence-corrected chi connectivity index (χ4v) is 9.81. The molecule has 0 aliphatic heterocycles. The minimum atomic E-state index is 0.799. The summed E-state index contributed by atoms with van der Waals surface area (Å²) >= 11 is 0. The molecule has 13 rings (SSSR count). The molecule has 0 spiro atoms. The number of benzene rings is 11. The van der Waals surface area contributed by atoms with Crippen molar-refractivity contribution in [1.29, 1.82) is 0 Å². The van der Waals surface area contributed by atoms with Crippen LogP contribution < -0.4 is 0 Å². The zero-order valence-corrected chi connectivity index (χ0v) is 32.4. The number of furan rings is 2. The summed E-state index contributed by atoms with van der Waals surface area (Å²) in [5.74, 6) is 0. The number of para-hydroxylation sites is 1. The maximum atomic E-state index is 6.51. The number of hydrogen-bond donors (Lipinski definition) is 0. The highest BCUT2D eigenvalue weighted by Crippen LogP contribution is 2.45. The minimum Gasteiger partial charge on any atom is -0.452 e. The van der Waals surface area contributed by atoms with Crippen molar-refractivity contribution in [3.63, 3.8) is 0 Å². The van der Waals surface area contributed by atoms with Crippen molar-refractivity contribution in [3.05, 3.63) is 206 Å². The summed E-state index contributed by atoms with van der Waals surface area (Å²) < 4.78 is 12.8. The van der Waals surface area contributed by atoms with Gasteiger partial charge in [0, 0.05) is 21.5 Å². The van der Waals surface area contributed by atoms with Crippen LogP contribution in [0.1, 0.15) is 0 Å². The van der Waals surface area contributed by atoms with Crippen molar-refractivity contribution in [1.82, 2.24) is 0 Å². The molecular formula is C58H34O2. The molecule has 0 bridgehead atoms. The molecular weight excluding hydrogens is 729 g/mol. The highest BCUT2D eigenvalue weighted by Gasteiger charge is 2.19. The van der Waals surface area contributed by atoms with E-state index in [0.717, 1.165) is 49.3 Å². The van der Waals surface area contributed by atoms with Crippen LogP contribution in [0.3, 0.4) is 0 Å². The third-order valence-electron chi connectivity index (χ3n) is 12.7. The molecule has 0 saturated carbocycles. The molecule has 2 aromatic heterocycles. The van der Waals surface area contributed by atoms with Crippen molar-refractivity contribution in [2.24, 2.45) is 0 Å². The van der Waals surface area contributed by atoms with Crippen LogP contribution in [0.5, 0.6) is 0 Å². The van der Waals surface area contributed by atoms with Gasteiger partial charge in [0.25, 0.3) is 0 Å². The van der Waals surface area contributed by atoms with Crippen molar-refractivity contribution in [2.45, 2.75) is 0 Å². The largest absolute Gasteiger partial charge is 0.452 e. The quantitative estimate of drug-likeness (QED) is 0.167. The van der Waals surface area contributed by atoms with E-state index in [1.165, 1.54) is 82.2 Å². The van der Waals surface area contributed by atoms with Crippen LogP contribution in [-0.4, -0.2) is 0 Å². The molecule has 2 heteroatoms. The Morgan fingerprint density at radius 3 is 1.40 bits per heavy atom. The predicted molar refractivity (Wildman–Crippen MR) is 253 cm³/mol. The summed E-state index contributed by atoms with van der Waals surface area (Å²) in [7, 11) is 0. The lowest BCUT2D eigenvalue weighted by Gasteiger charge is -2.18. The smallest absolute Gasteiger partial charge is 0.178 e. The van der Waals surface area contributed by atoms with Gasteiger partial charge in [0.15, 0.2) is 11.2 Å². The molecule has 13 aromatic rings. The second kappa shape index (κ2) is 12.8. The Balaban J connectivity index is 0.894. The molecule has 0 fully saturated rings. The lowest BCUT2D eigenvalue weighted by Crippen LogP contribution is -1.91. The molecule has 2 nitrogen and oxygen atoms in total. The molecule has 0 aliphatic carbocycles.